The SMILES string of the molecule is CC1=C(C(=O)OC(C)C)[C@@H](c2ccc(Cl)cc2)n2c(s/c(=C3\C(=O)Nc4ccc(Br)cc43)c2=O)=N1. The van der Waals surface area contributed by atoms with Gasteiger partial charge in [-0.05, 0) is 56.7 Å². The maximum Gasteiger partial charge on any atom is 0.338 e. The minimum Gasteiger partial charge on any atom is -0.459 e. The van der Waals surface area contributed by atoms with Crippen LogP contribution in [-0.2, 0) is 14.3 Å². The van der Waals surface area contributed by atoms with Crippen molar-refractivity contribution in [3.05, 3.63) is 94.0 Å². The second kappa shape index (κ2) is 8.89. The molecule has 3 heterocycles. The van der Waals surface area contributed by atoms with Crippen LogP contribution in [0, 0.1) is 0 Å². The lowest BCUT2D eigenvalue weighted by molar-refractivity contribution is -0.143. The highest BCUT2D eigenvalue weighted by molar-refractivity contribution is 9.10. The molecule has 178 valence electrons. The summed E-state index contributed by atoms with van der Waals surface area (Å²) in [4.78, 5) is 44.9. The molecule has 2 aliphatic heterocycles. The molecular formula is C25H19BrClN3O4S. The lowest BCUT2D eigenvalue weighted by atomic mass is 9.96. The van der Waals surface area contributed by atoms with Crippen LogP contribution in [0.5, 0.6) is 0 Å². The summed E-state index contributed by atoms with van der Waals surface area (Å²) in [6.07, 6.45) is -0.350. The molecule has 1 N–H and O–H groups in total. The molecular weight excluding hydrogens is 554 g/mol. The summed E-state index contributed by atoms with van der Waals surface area (Å²) in [5.74, 6) is -0.909. The lowest BCUT2D eigenvalue weighted by Crippen LogP contribution is -2.40. The van der Waals surface area contributed by atoms with Crippen LogP contribution in [0.15, 0.2) is 68.0 Å². The van der Waals surface area contributed by atoms with Crippen molar-refractivity contribution in [3.63, 3.8) is 0 Å². The fraction of sp³-hybridized carbons (Fsp3) is 0.200. The van der Waals surface area contributed by atoms with Crippen molar-refractivity contribution >= 4 is 62.0 Å². The van der Waals surface area contributed by atoms with E-state index in [0.29, 0.717) is 32.3 Å². The standard InChI is InChI=1S/C25H19BrClN3O4S/c1-11(2)34-24(33)18-12(3)28-25-30(20(18)13-4-7-15(27)8-5-13)23(32)21(35-25)19-16-10-14(26)6-9-17(16)29-22(19)31/h4-11,20H,1-3H3,(H,29,31)/b21-19-/t20-/m1/s1. The van der Waals surface area contributed by atoms with Crippen LogP contribution in [0.25, 0.3) is 5.57 Å². The first-order valence-corrected chi connectivity index (χ1v) is 12.8. The molecule has 0 saturated heterocycles. The molecule has 0 spiro atoms. The molecule has 0 radical (unpaired) electrons. The Morgan fingerprint density at radius 2 is 1.91 bits per heavy atom. The predicted octanol–water partition coefficient (Wildman–Crippen LogP) is 3.93. The number of anilines is 1. The molecule has 10 heteroatoms. The minimum absolute atomic E-state index is 0.253. The molecule has 0 fully saturated rings. The number of aromatic nitrogens is 1. The maximum absolute atomic E-state index is 13.9. The zero-order valence-electron chi connectivity index (χ0n) is 18.9. The van der Waals surface area contributed by atoms with Gasteiger partial charge in [-0.25, -0.2) is 9.79 Å². The van der Waals surface area contributed by atoms with E-state index in [1.807, 2.05) is 6.07 Å². The molecule has 2 aromatic carbocycles. The van der Waals surface area contributed by atoms with E-state index in [0.717, 1.165) is 15.8 Å². The van der Waals surface area contributed by atoms with E-state index in [2.05, 4.69) is 26.2 Å². The second-order valence-electron chi connectivity index (χ2n) is 8.43. The number of halogens is 2. The van der Waals surface area contributed by atoms with Crippen LogP contribution >= 0.6 is 38.9 Å². The molecule has 0 unspecified atom stereocenters. The minimum atomic E-state index is -0.782. The van der Waals surface area contributed by atoms with Gasteiger partial charge in [-0.3, -0.25) is 14.2 Å². The van der Waals surface area contributed by atoms with E-state index < -0.39 is 17.6 Å². The number of allylic oxidation sites excluding steroid dienone is 1. The van der Waals surface area contributed by atoms with E-state index in [-0.39, 0.29) is 27.7 Å². The summed E-state index contributed by atoms with van der Waals surface area (Å²) < 4.78 is 8.00. The van der Waals surface area contributed by atoms with Gasteiger partial charge in [0.2, 0.25) is 0 Å². The van der Waals surface area contributed by atoms with E-state index in [1.165, 1.54) is 4.57 Å². The maximum atomic E-state index is 13.9. The van der Waals surface area contributed by atoms with E-state index >= 15 is 0 Å². The first-order chi connectivity index (χ1) is 16.7. The number of fused-ring (bicyclic) bond motifs is 2. The molecule has 2 aliphatic rings. The van der Waals surface area contributed by atoms with Crippen LogP contribution in [0.3, 0.4) is 0 Å². The number of benzene rings is 2. The van der Waals surface area contributed by atoms with Gasteiger partial charge in [0.05, 0.1) is 29.0 Å². The number of rotatable bonds is 3. The number of thiazole rings is 1. The van der Waals surface area contributed by atoms with Crippen molar-refractivity contribution < 1.29 is 14.3 Å². The second-order valence-corrected chi connectivity index (χ2v) is 10.8. The monoisotopic (exact) mass is 571 g/mol. The number of hydrogen-bond acceptors (Lipinski definition) is 6. The van der Waals surface area contributed by atoms with Crippen LogP contribution in [0.1, 0.15) is 37.9 Å². The Balaban J connectivity index is 1.81. The first-order valence-electron chi connectivity index (χ1n) is 10.8. The summed E-state index contributed by atoms with van der Waals surface area (Å²) in [5, 5.41) is 3.35. The highest BCUT2D eigenvalue weighted by Crippen LogP contribution is 2.34. The molecule has 7 nitrogen and oxygen atoms in total. The third-order valence-electron chi connectivity index (χ3n) is 5.70. The molecule has 0 saturated carbocycles. The molecule has 5 rings (SSSR count). The fourth-order valence-electron chi connectivity index (χ4n) is 4.24. The van der Waals surface area contributed by atoms with Gasteiger partial charge >= 0.3 is 5.97 Å². The zero-order valence-corrected chi connectivity index (χ0v) is 22.0. The third kappa shape index (κ3) is 4.07. The number of carbonyl (C=O) groups excluding carboxylic acids is 2. The number of carbonyl (C=O) groups is 2. The van der Waals surface area contributed by atoms with Gasteiger partial charge in [-0.15, -0.1) is 0 Å². The quantitative estimate of drug-likeness (QED) is 0.482. The van der Waals surface area contributed by atoms with Gasteiger partial charge in [0, 0.05) is 20.7 Å². The van der Waals surface area contributed by atoms with Gasteiger partial charge in [0.15, 0.2) is 4.80 Å². The number of hydrogen-bond donors (Lipinski definition) is 1. The highest BCUT2D eigenvalue weighted by Gasteiger charge is 2.35. The summed E-state index contributed by atoms with van der Waals surface area (Å²) in [5.41, 5.74) is 2.53. The highest BCUT2D eigenvalue weighted by atomic mass is 79.9. The molecule has 0 bridgehead atoms. The lowest BCUT2D eigenvalue weighted by Gasteiger charge is -2.25. The summed E-state index contributed by atoms with van der Waals surface area (Å²) in [7, 11) is 0. The van der Waals surface area contributed by atoms with Gasteiger partial charge in [0.25, 0.3) is 11.5 Å². The summed E-state index contributed by atoms with van der Waals surface area (Å²) in [6.45, 7) is 5.24. The van der Waals surface area contributed by atoms with Gasteiger partial charge in [-0.2, -0.15) is 0 Å². The average molecular weight is 573 g/mol. The number of nitrogens with zero attached hydrogens (tertiary/aromatic N) is 2. The average Bonchev–Trinajstić information content (AvgIpc) is 3.27. The van der Waals surface area contributed by atoms with Crippen molar-refractivity contribution in [2.24, 2.45) is 4.99 Å². The Bertz CT molecular complexity index is 1620. The molecule has 3 aromatic rings. The number of esters is 1. The van der Waals surface area contributed by atoms with Crippen molar-refractivity contribution in [1.82, 2.24) is 4.57 Å². The Morgan fingerprint density at radius 1 is 1.20 bits per heavy atom. The molecule has 1 aromatic heterocycles. The first kappa shape index (κ1) is 23.7. The van der Waals surface area contributed by atoms with Gasteiger partial charge in [-0.1, -0.05) is 51.0 Å². The predicted molar refractivity (Wildman–Crippen MR) is 138 cm³/mol. The van der Waals surface area contributed by atoms with Crippen molar-refractivity contribution in [2.45, 2.75) is 32.9 Å². The van der Waals surface area contributed by atoms with Crippen LogP contribution in [0.2, 0.25) is 5.02 Å². The fourth-order valence-corrected chi connectivity index (χ4v) is 5.87. The van der Waals surface area contributed by atoms with Crippen LogP contribution < -0.4 is 20.2 Å². The van der Waals surface area contributed by atoms with Crippen LogP contribution in [-0.4, -0.2) is 22.5 Å². The Kier molecular flexibility index (Phi) is 6.03. The normalized spacial score (nSPS) is 18.2. The zero-order chi connectivity index (χ0) is 25.0. The summed E-state index contributed by atoms with van der Waals surface area (Å²) >= 11 is 10.7. The van der Waals surface area contributed by atoms with Crippen molar-refractivity contribution in [2.75, 3.05) is 5.32 Å². The molecule has 1 amide bonds. The van der Waals surface area contributed by atoms with Gasteiger partial charge in [0.1, 0.15) is 4.53 Å². The molecule has 0 aliphatic carbocycles. The van der Waals surface area contributed by atoms with E-state index in [9.17, 15) is 14.4 Å². The largest absolute Gasteiger partial charge is 0.459 e. The summed E-state index contributed by atoms with van der Waals surface area (Å²) in [6, 6.07) is 11.6. The topological polar surface area (TPSA) is 89.8 Å². The Hall–Kier alpha value is -3.01. The molecule has 35 heavy (non-hydrogen) atoms. The molecule has 1 atom stereocenters. The smallest absolute Gasteiger partial charge is 0.338 e. The number of nitrogens with one attached hydrogen (secondary N) is 1. The van der Waals surface area contributed by atoms with E-state index in [1.54, 1.807) is 57.2 Å². The van der Waals surface area contributed by atoms with Gasteiger partial charge < -0.3 is 10.1 Å². The number of amides is 1. The third-order valence-corrected chi connectivity index (χ3v) is 7.50. The van der Waals surface area contributed by atoms with Crippen molar-refractivity contribution in [3.8, 4) is 0 Å². The van der Waals surface area contributed by atoms with Crippen molar-refractivity contribution in [1.29, 1.82) is 0 Å². The Labute approximate surface area is 217 Å². The Morgan fingerprint density at radius 3 is 2.60 bits per heavy atom. The van der Waals surface area contributed by atoms with E-state index in [4.69, 9.17) is 16.3 Å². The number of ether oxygens (including phenoxy) is 1. The van der Waals surface area contributed by atoms with Crippen LogP contribution in [0.4, 0.5) is 5.69 Å².